The molecular formula is C20H35N5O10. The van der Waals surface area contributed by atoms with Gasteiger partial charge in [-0.15, -0.1) is 0 Å². The number of hydrogen-bond donors (Lipinski definition) is 9. The summed E-state index contributed by atoms with van der Waals surface area (Å²) in [7, 11) is 0. The quantitative estimate of drug-likeness (QED) is 0.0848. The summed E-state index contributed by atoms with van der Waals surface area (Å²) in [6.07, 6.45) is -2.17. The lowest BCUT2D eigenvalue weighted by atomic mass is 10.0. The molecule has 5 unspecified atom stereocenters. The monoisotopic (exact) mass is 505 g/mol. The Balaban J connectivity index is 5.59. The minimum Gasteiger partial charge on any atom is -0.481 e. The lowest BCUT2D eigenvalue weighted by Crippen LogP contribution is -2.58. The highest BCUT2D eigenvalue weighted by molar-refractivity contribution is 5.94. The van der Waals surface area contributed by atoms with Crippen LogP contribution in [0.15, 0.2) is 0 Å². The Bertz CT molecular complexity index is 761. The van der Waals surface area contributed by atoms with Gasteiger partial charge in [-0.25, -0.2) is 4.79 Å². The molecular weight excluding hydrogens is 470 g/mol. The SMILES string of the molecule is CC(O)C(N)C(=O)NC(CCC(=O)O)C(=O)NC(CCCCN)C(=O)NC(CCC(=O)O)C(=O)O. The molecule has 0 radical (unpaired) electrons. The Morgan fingerprint density at radius 1 is 0.714 bits per heavy atom. The van der Waals surface area contributed by atoms with E-state index in [1.165, 1.54) is 6.92 Å². The van der Waals surface area contributed by atoms with Gasteiger partial charge in [0.25, 0.3) is 0 Å². The average Bonchev–Trinajstić information content (AvgIpc) is 2.77. The first kappa shape index (κ1) is 31.7. The van der Waals surface area contributed by atoms with Crippen molar-refractivity contribution in [2.24, 2.45) is 11.5 Å². The number of nitrogens with one attached hydrogen (secondary N) is 3. The van der Waals surface area contributed by atoms with Crippen molar-refractivity contribution >= 4 is 35.6 Å². The lowest BCUT2D eigenvalue weighted by molar-refractivity contribution is -0.143. The maximum absolute atomic E-state index is 12.8. The van der Waals surface area contributed by atoms with Crippen LogP contribution in [0.4, 0.5) is 0 Å². The number of hydrogen-bond acceptors (Lipinski definition) is 9. The van der Waals surface area contributed by atoms with E-state index in [9.17, 15) is 39.0 Å². The van der Waals surface area contributed by atoms with E-state index < -0.39 is 85.2 Å². The Hall–Kier alpha value is -3.30. The summed E-state index contributed by atoms with van der Waals surface area (Å²) >= 11 is 0. The number of aliphatic carboxylic acids is 3. The van der Waals surface area contributed by atoms with Crippen molar-refractivity contribution in [3.05, 3.63) is 0 Å². The summed E-state index contributed by atoms with van der Waals surface area (Å²) < 4.78 is 0. The first-order chi connectivity index (χ1) is 16.3. The van der Waals surface area contributed by atoms with Crippen LogP contribution in [0.2, 0.25) is 0 Å². The predicted molar refractivity (Wildman–Crippen MR) is 120 cm³/mol. The number of carboxylic acid groups (broad SMARTS) is 3. The molecule has 15 nitrogen and oxygen atoms in total. The fourth-order valence-electron chi connectivity index (χ4n) is 2.86. The molecule has 200 valence electrons. The minimum atomic E-state index is -1.53. The number of nitrogens with two attached hydrogens (primary N) is 2. The van der Waals surface area contributed by atoms with Gasteiger partial charge in [0, 0.05) is 12.8 Å². The van der Waals surface area contributed by atoms with Gasteiger partial charge in [0.1, 0.15) is 24.2 Å². The van der Waals surface area contributed by atoms with Crippen LogP contribution < -0.4 is 27.4 Å². The molecule has 0 aromatic heterocycles. The Morgan fingerprint density at radius 2 is 1.14 bits per heavy atom. The van der Waals surface area contributed by atoms with E-state index in [4.69, 9.17) is 21.7 Å². The van der Waals surface area contributed by atoms with Crippen molar-refractivity contribution < 1.29 is 49.2 Å². The molecule has 0 bridgehead atoms. The van der Waals surface area contributed by atoms with Gasteiger partial charge in [-0.05, 0) is 45.6 Å². The van der Waals surface area contributed by atoms with Crippen LogP contribution >= 0.6 is 0 Å². The van der Waals surface area contributed by atoms with Gasteiger partial charge in [0.2, 0.25) is 17.7 Å². The largest absolute Gasteiger partial charge is 0.481 e. The summed E-state index contributed by atoms with van der Waals surface area (Å²) in [5.41, 5.74) is 11.0. The van der Waals surface area contributed by atoms with Gasteiger partial charge in [-0.3, -0.25) is 24.0 Å². The summed E-state index contributed by atoms with van der Waals surface area (Å²) in [5.74, 6) is -6.73. The summed E-state index contributed by atoms with van der Waals surface area (Å²) in [5, 5.41) is 43.3. The Morgan fingerprint density at radius 3 is 1.57 bits per heavy atom. The van der Waals surface area contributed by atoms with Crippen LogP contribution in [-0.2, 0) is 28.8 Å². The minimum absolute atomic E-state index is 0.0346. The molecule has 5 atom stereocenters. The highest BCUT2D eigenvalue weighted by Crippen LogP contribution is 2.07. The number of rotatable bonds is 18. The smallest absolute Gasteiger partial charge is 0.326 e. The molecule has 3 amide bonds. The second-order valence-electron chi connectivity index (χ2n) is 7.94. The van der Waals surface area contributed by atoms with E-state index in [1.807, 2.05) is 0 Å². The molecule has 11 N–H and O–H groups in total. The number of carboxylic acids is 3. The second kappa shape index (κ2) is 16.3. The molecule has 0 saturated carbocycles. The average molecular weight is 506 g/mol. The number of amides is 3. The highest BCUT2D eigenvalue weighted by atomic mass is 16.4. The van der Waals surface area contributed by atoms with E-state index in [1.54, 1.807) is 0 Å². The molecule has 15 heteroatoms. The zero-order valence-electron chi connectivity index (χ0n) is 19.4. The van der Waals surface area contributed by atoms with Gasteiger partial charge in [0.05, 0.1) is 6.10 Å². The zero-order valence-corrected chi connectivity index (χ0v) is 19.4. The Labute approximate surface area is 201 Å². The fraction of sp³-hybridized carbons (Fsp3) is 0.700. The maximum Gasteiger partial charge on any atom is 0.326 e. The third kappa shape index (κ3) is 13.2. The number of carbonyl (C=O) groups excluding carboxylic acids is 3. The summed E-state index contributed by atoms with van der Waals surface area (Å²) in [6, 6.07) is -5.63. The van der Waals surface area contributed by atoms with Crippen LogP contribution in [0.1, 0.15) is 51.9 Å². The molecule has 35 heavy (non-hydrogen) atoms. The van der Waals surface area contributed by atoms with Crippen molar-refractivity contribution in [3.63, 3.8) is 0 Å². The number of aliphatic hydroxyl groups excluding tert-OH is 1. The van der Waals surface area contributed by atoms with Gasteiger partial charge < -0.3 is 47.8 Å². The summed E-state index contributed by atoms with van der Waals surface area (Å²) in [4.78, 5) is 70.9. The first-order valence-electron chi connectivity index (χ1n) is 11.0. The van der Waals surface area contributed by atoms with Gasteiger partial charge in [-0.1, -0.05) is 0 Å². The lowest BCUT2D eigenvalue weighted by Gasteiger charge is -2.25. The van der Waals surface area contributed by atoms with Crippen LogP contribution in [0.3, 0.4) is 0 Å². The van der Waals surface area contributed by atoms with E-state index in [2.05, 4.69) is 16.0 Å². The zero-order chi connectivity index (χ0) is 27.1. The highest BCUT2D eigenvalue weighted by Gasteiger charge is 2.31. The number of carbonyl (C=O) groups is 6. The third-order valence-corrected chi connectivity index (χ3v) is 4.94. The van der Waals surface area contributed by atoms with E-state index in [-0.39, 0.29) is 19.4 Å². The van der Waals surface area contributed by atoms with Crippen LogP contribution in [0.5, 0.6) is 0 Å². The maximum atomic E-state index is 12.8. The van der Waals surface area contributed by atoms with Crippen molar-refractivity contribution in [2.45, 2.75) is 82.1 Å². The van der Waals surface area contributed by atoms with Crippen LogP contribution in [0.25, 0.3) is 0 Å². The molecule has 0 aliphatic carbocycles. The fourth-order valence-corrected chi connectivity index (χ4v) is 2.86. The normalized spacial score (nSPS) is 15.1. The standard InChI is InChI=1S/C20H35N5O10/c1-10(26)16(22)19(33)24-12(5-7-14(27)28)18(32)23-11(4-2-3-9-21)17(31)25-13(20(34)35)6-8-15(29)30/h10-13,16,26H,2-9,21-22H2,1H3,(H,23,32)(H,24,33)(H,25,31)(H,27,28)(H,29,30)(H,34,35). The van der Waals surface area contributed by atoms with Gasteiger partial charge in [0.15, 0.2) is 0 Å². The molecule has 0 aromatic rings. The number of unbranched alkanes of at least 4 members (excludes halogenated alkanes) is 1. The van der Waals surface area contributed by atoms with Crippen LogP contribution in [0, 0.1) is 0 Å². The van der Waals surface area contributed by atoms with Crippen LogP contribution in [-0.4, -0.2) is 92.9 Å². The topological polar surface area (TPSA) is 271 Å². The van der Waals surface area contributed by atoms with Crippen molar-refractivity contribution in [3.8, 4) is 0 Å². The molecule has 0 aliphatic rings. The van der Waals surface area contributed by atoms with E-state index in [0.717, 1.165) is 0 Å². The number of aliphatic hydroxyl groups is 1. The third-order valence-electron chi connectivity index (χ3n) is 4.94. The van der Waals surface area contributed by atoms with Crippen molar-refractivity contribution in [2.75, 3.05) is 6.54 Å². The second-order valence-corrected chi connectivity index (χ2v) is 7.94. The molecule has 0 spiro atoms. The Kier molecular flexibility index (Phi) is 14.8. The van der Waals surface area contributed by atoms with Gasteiger partial charge in [-0.2, -0.15) is 0 Å². The molecule has 0 saturated heterocycles. The summed E-state index contributed by atoms with van der Waals surface area (Å²) in [6.45, 7) is 1.53. The predicted octanol–water partition coefficient (Wildman–Crippen LogP) is -2.91. The molecule has 0 aromatic carbocycles. The van der Waals surface area contributed by atoms with Gasteiger partial charge >= 0.3 is 17.9 Å². The molecule has 0 rings (SSSR count). The van der Waals surface area contributed by atoms with E-state index in [0.29, 0.717) is 12.8 Å². The first-order valence-corrected chi connectivity index (χ1v) is 11.0. The molecule has 0 aliphatic heterocycles. The van der Waals surface area contributed by atoms with E-state index >= 15 is 0 Å². The molecule has 0 heterocycles. The van der Waals surface area contributed by atoms with Crippen molar-refractivity contribution in [1.82, 2.24) is 16.0 Å². The molecule has 0 fully saturated rings. The van der Waals surface area contributed by atoms with Crippen molar-refractivity contribution in [1.29, 1.82) is 0 Å².